The van der Waals surface area contributed by atoms with Gasteiger partial charge in [0.2, 0.25) is 5.91 Å². The van der Waals surface area contributed by atoms with Crippen LogP contribution >= 0.6 is 15.9 Å². The van der Waals surface area contributed by atoms with E-state index in [1.54, 1.807) is 12.4 Å². The lowest BCUT2D eigenvalue weighted by molar-refractivity contribution is -0.131. The first-order chi connectivity index (χ1) is 15.2. The van der Waals surface area contributed by atoms with Gasteiger partial charge in [-0.25, -0.2) is 0 Å². The molecule has 1 fully saturated rings. The minimum absolute atomic E-state index is 0.194. The normalized spacial score (nSPS) is 18.7. The molecule has 3 aromatic heterocycles. The van der Waals surface area contributed by atoms with Crippen LogP contribution in [-0.4, -0.2) is 38.8 Å². The summed E-state index contributed by atoms with van der Waals surface area (Å²) in [6.45, 7) is 1.58. The maximum absolute atomic E-state index is 12.8. The van der Waals surface area contributed by atoms with Gasteiger partial charge in [-0.1, -0.05) is 6.07 Å². The molecule has 0 N–H and O–H groups in total. The van der Waals surface area contributed by atoms with Gasteiger partial charge in [0.1, 0.15) is 0 Å². The molecule has 1 saturated heterocycles. The number of aryl methyl sites for hydroxylation is 2. The lowest BCUT2D eigenvalue weighted by Crippen LogP contribution is -2.41. The summed E-state index contributed by atoms with van der Waals surface area (Å²) in [4.78, 5) is 28.6. The summed E-state index contributed by atoms with van der Waals surface area (Å²) in [6, 6.07) is 10.3. The highest BCUT2D eigenvalue weighted by molar-refractivity contribution is 9.10. The summed E-state index contributed by atoms with van der Waals surface area (Å²) in [5, 5.41) is 0. The van der Waals surface area contributed by atoms with Gasteiger partial charge in [0.25, 0.3) is 0 Å². The van der Waals surface area contributed by atoms with E-state index in [4.69, 9.17) is 9.97 Å². The Hall–Kier alpha value is -2.60. The highest BCUT2D eigenvalue weighted by Crippen LogP contribution is 2.41. The average Bonchev–Trinajstić information content (AvgIpc) is 2.96. The zero-order valence-corrected chi connectivity index (χ0v) is 19.0. The Morgan fingerprint density at radius 2 is 1.74 bits per heavy atom. The lowest BCUT2D eigenvalue weighted by atomic mass is 9.78. The molecule has 31 heavy (non-hydrogen) atoms. The van der Waals surface area contributed by atoms with Crippen molar-refractivity contribution in [1.29, 1.82) is 0 Å². The van der Waals surface area contributed by atoms with E-state index in [0.717, 1.165) is 48.8 Å². The lowest BCUT2D eigenvalue weighted by Gasteiger charge is -2.36. The molecule has 1 aliphatic heterocycles. The van der Waals surface area contributed by atoms with E-state index in [2.05, 4.69) is 33.0 Å². The molecule has 1 amide bonds. The van der Waals surface area contributed by atoms with Gasteiger partial charge in [-0.2, -0.15) is 0 Å². The summed E-state index contributed by atoms with van der Waals surface area (Å²) in [5.74, 6) is 0.829. The van der Waals surface area contributed by atoms with Crippen molar-refractivity contribution in [2.24, 2.45) is 5.92 Å². The number of piperidine rings is 1. The van der Waals surface area contributed by atoms with Gasteiger partial charge < -0.3 is 4.90 Å². The third kappa shape index (κ3) is 4.26. The van der Waals surface area contributed by atoms with Gasteiger partial charge in [0.05, 0.1) is 17.8 Å². The second kappa shape index (κ2) is 8.87. The van der Waals surface area contributed by atoms with Crippen LogP contribution in [-0.2, 0) is 24.1 Å². The molecule has 3 aromatic rings. The van der Waals surface area contributed by atoms with Gasteiger partial charge in [0, 0.05) is 48.3 Å². The molecule has 1 atom stereocenters. The fraction of sp³-hybridized carbons (Fsp3) is 0.360. The van der Waals surface area contributed by atoms with Crippen LogP contribution in [0.4, 0.5) is 0 Å². The fourth-order valence-electron chi connectivity index (χ4n) is 5.03. The van der Waals surface area contributed by atoms with E-state index in [-0.39, 0.29) is 11.8 Å². The number of hydrogen-bond donors (Lipinski definition) is 0. The second-order valence-electron chi connectivity index (χ2n) is 8.47. The molecule has 0 saturated carbocycles. The van der Waals surface area contributed by atoms with Crippen LogP contribution in [0, 0.1) is 5.92 Å². The standard InChI is InChI=1S/C25H25BrN4O/c26-21-15-20-4-3-19-2-1-9-28-24(19)23(25(20)29-16-21)18-7-12-30(13-8-18)22(31)14-17-5-10-27-11-6-17/h1-2,5-6,9-11,15-16,18,23H,3-4,7-8,12-14H2. The average molecular weight is 477 g/mol. The maximum atomic E-state index is 12.8. The number of rotatable bonds is 3. The molecule has 2 aliphatic rings. The first-order valence-electron chi connectivity index (χ1n) is 10.9. The minimum Gasteiger partial charge on any atom is -0.342 e. The third-order valence-corrected chi connectivity index (χ3v) is 7.05. The molecule has 0 radical (unpaired) electrons. The number of halogens is 1. The van der Waals surface area contributed by atoms with Crippen LogP contribution in [0.25, 0.3) is 0 Å². The molecular weight excluding hydrogens is 452 g/mol. The number of nitrogens with zero attached hydrogens (tertiary/aromatic N) is 4. The van der Waals surface area contributed by atoms with E-state index in [9.17, 15) is 4.79 Å². The number of likely N-dealkylation sites (tertiary alicyclic amines) is 1. The zero-order chi connectivity index (χ0) is 21.2. The van der Waals surface area contributed by atoms with Gasteiger partial charge in [-0.3, -0.25) is 19.7 Å². The van der Waals surface area contributed by atoms with Crippen LogP contribution in [0.3, 0.4) is 0 Å². The first kappa shape index (κ1) is 20.3. The second-order valence-corrected chi connectivity index (χ2v) is 9.39. The summed E-state index contributed by atoms with van der Waals surface area (Å²) >= 11 is 3.59. The highest BCUT2D eigenvalue weighted by atomic mass is 79.9. The molecule has 1 unspecified atom stereocenters. The van der Waals surface area contributed by atoms with E-state index < -0.39 is 0 Å². The number of fused-ring (bicyclic) bond motifs is 2. The van der Waals surface area contributed by atoms with Gasteiger partial charge >= 0.3 is 0 Å². The first-order valence-corrected chi connectivity index (χ1v) is 11.7. The van der Waals surface area contributed by atoms with Gasteiger partial charge in [0.15, 0.2) is 0 Å². The number of carbonyl (C=O) groups is 1. The molecule has 6 heteroatoms. The van der Waals surface area contributed by atoms with Crippen molar-refractivity contribution >= 4 is 21.8 Å². The van der Waals surface area contributed by atoms with Crippen molar-refractivity contribution in [3.63, 3.8) is 0 Å². The molecule has 1 aliphatic carbocycles. The Morgan fingerprint density at radius 1 is 1.00 bits per heavy atom. The van der Waals surface area contributed by atoms with Crippen LogP contribution in [0.5, 0.6) is 0 Å². The summed E-state index contributed by atoms with van der Waals surface area (Å²) in [7, 11) is 0. The molecule has 0 aromatic carbocycles. The predicted molar refractivity (Wildman–Crippen MR) is 123 cm³/mol. The Kier molecular flexibility index (Phi) is 5.81. The minimum atomic E-state index is 0.194. The van der Waals surface area contributed by atoms with E-state index in [0.29, 0.717) is 12.3 Å². The number of pyridine rings is 3. The Balaban J connectivity index is 1.37. The van der Waals surface area contributed by atoms with E-state index in [1.165, 1.54) is 22.5 Å². The van der Waals surface area contributed by atoms with Crippen molar-refractivity contribution in [1.82, 2.24) is 19.9 Å². The molecule has 4 heterocycles. The zero-order valence-electron chi connectivity index (χ0n) is 17.4. The highest BCUT2D eigenvalue weighted by Gasteiger charge is 2.35. The monoisotopic (exact) mass is 476 g/mol. The van der Waals surface area contributed by atoms with Gasteiger partial charge in [-0.05, 0) is 88.5 Å². The van der Waals surface area contributed by atoms with Crippen molar-refractivity contribution < 1.29 is 4.79 Å². The van der Waals surface area contributed by atoms with Crippen molar-refractivity contribution in [3.05, 3.63) is 87.7 Å². The summed E-state index contributed by atoms with van der Waals surface area (Å²) < 4.78 is 1.03. The predicted octanol–water partition coefficient (Wildman–Crippen LogP) is 4.35. The topological polar surface area (TPSA) is 59.0 Å². The van der Waals surface area contributed by atoms with Crippen molar-refractivity contribution in [3.8, 4) is 0 Å². The van der Waals surface area contributed by atoms with Crippen molar-refractivity contribution in [2.75, 3.05) is 13.1 Å². The summed E-state index contributed by atoms with van der Waals surface area (Å²) in [5.41, 5.74) is 6.01. The van der Waals surface area contributed by atoms with Crippen LogP contribution < -0.4 is 0 Å². The van der Waals surface area contributed by atoms with E-state index in [1.807, 2.05) is 35.5 Å². The molecule has 5 nitrogen and oxygen atoms in total. The smallest absolute Gasteiger partial charge is 0.226 e. The number of carbonyl (C=O) groups excluding carboxylic acids is 1. The number of amides is 1. The van der Waals surface area contributed by atoms with Crippen LogP contribution in [0.15, 0.2) is 59.6 Å². The van der Waals surface area contributed by atoms with E-state index >= 15 is 0 Å². The quantitative estimate of drug-likeness (QED) is 0.563. The van der Waals surface area contributed by atoms with Crippen molar-refractivity contribution in [2.45, 2.75) is 38.0 Å². The van der Waals surface area contributed by atoms with Gasteiger partial charge in [-0.15, -0.1) is 0 Å². The number of hydrogen-bond acceptors (Lipinski definition) is 4. The maximum Gasteiger partial charge on any atom is 0.226 e. The van der Waals surface area contributed by atoms with Crippen LogP contribution in [0.1, 0.15) is 46.8 Å². The SMILES string of the molecule is O=C(Cc1ccncc1)N1CCC(C2c3ncccc3CCc3cc(Br)cnc32)CC1. The molecule has 158 valence electrons. The molecular formula is C25H25BrN4O. The molecule has 5 rings (SSSR count). The summed E-state index contributed by atoms with van der Waals surface area (Å²) in [6.07, 6.45) is 11.7. The molecule has 0 spiro atoms. The fourth-order valence-corrected chi connectivity index (χ4v) is 5.41. The Labute approximate surface area is 191 Å². The largest absolute Gasteiger partial charge is 0.342 e. The van der Waals surface area contributed by atoms with Crippen LogP contribution in [0.2, 0.25) is 0 Å². The Morgan fingerprint density at radius 3 is 2.55 bits per heavy atom. The number of aromatic nitrogens is 3. The third-order valence-electron chi connectivity index (χ3n) is 6.62. The molecule has 0 bridgehead atoms. The Bertz CT molecular complexity index is 1080.